The lowest BCUT2D eigenvalue weighted by atomic mass is 9.98. The van der Waals surface area contributed by atoms with Crippen LogP contribution < -0.4 is 0 Å². The van der Waals surface area contributed by atoms with Gasteiger partial charge in [-0.1, -0.05) is 6.08 Å². The Morgan fingerprint density at radius 2 is 2.50 bits per heavy atom. The third-order valence-corrected chi connectivity index (χ3v) is 1.62. The van der Waals surface area contributed by atoms with Gasteiger partial charge in [-0.15, -0.1) is 0 Å². The zero-order valence-corrected chi connectivity index (χ0v) is 5.51. The topological polar surface area (TPSA) is 37.3 Å². The second-order valence-electron chi connectivity index (χ2n) is 2.41. The predicted molar refractivity (Wildman–Crippen MR) is 34.5 cm³/mol. The van der Waals surface area contributed by atoms with Crippen LogP contribution in [0.2, 0.25) is 0 Å². The zero-order valence-electron chi connectivity index (χ0n) is 5.51. The van der Waals surface area contributed by atoms with Crippen molar-refractivity contribution in [1.29, 1.82) is 0 Å². The maximum Gasteiger partial charge on any atom is 0.331 e. The Morgan fingerprint density at radius 1 is 1.80 bits per heavy atom. The van der Waals surface area contributed by atoms with Crippen LogP contribution in [0.25, 0.3) is 0 Å². The summed E-state index contributed by atoms with van der Waals surface area (Å²) in [7, 11) is 0. The Kier molecular flexibility index (Phi) is 2.04. The van der Waals surface area contributed by atoms with E-state index in [4.69, 9.17) is 5.11 Å². The van der Waals surface area contributed by atoms with E-state index in [1.54, 1.807) is 0 Å². The van der Waals surface area contributed by atoms with Crippen molar-refractivity contribution < 1.29 is 14.3 Å². The normalized spacial score (nSPS) is 25.7. The number of hydrogen-bond acceptors (Lipinski definition) is 1. The van der Waals surface area contributed by atoms with Crippen LogP contribution in [0.5, 0.6) is 0 Å². The molecule has 0 fully saturated rings. The summed E-state index contributed by atoms with van der Waals surface area (Å²) >= 11 is 0. The molecule has 1 aliphatic rings. The van der Waals surface area contributed by atoms with Gasteiger partial charge < -0.3 is 5.11 Å². The maximum atomic E-state index is 12.4. The molecule has 0 aromatic heterocycles. The Labute approximate surface area is 58.4 Å². The average molecular weight is 144 g/mol. The molecule has 0 heterocycles. The molecular weight excluding hydrogens is 135 g/mol. The summed E-state index contributed by atoms with van der Waals surface area (Å²) in [5, 5.41) is 8.43. The Balaban J connectivity index is 2.56. The van der Waals surface area contributed by atoms with Gasteiger partial charge >= 0.3 is 5.97 Å². The number of aliphatic carboxylic acids is 1. The van der Waals surface area contributed by atoms with Crippen molar-refractivity contribution in [2.24, 2.45) is 0 Å². The average Bonchev–Trinajstić information content (AvgIpc) is 1.88. The SMILES string of the molecule is O=C(O)C1=CCC(F)CC1. The molecule has 1 atom stereocenters. The van der Waals surface area contributed by atoms with Crippen LogP contribution in [0.4, 0.5) is 4.39 Å². The second-order valence-corrected chi connectivity index (χ2v) is 2.41. The summed E-state index contributed by atoms with van der Waals surface area (Å²) in [6.45, 7) is 0. The van der Waals surface area contributed by atoms with Gasteiger partial charge in [0.1, 0.15) is 6.17 Å². The fourth-order valence-electron chi connectivity index (χ4n) is 0.996. The monoisotopic (exact) mass is 144 g/mol. The number of carboxylic acids is 1. The van der Waals surface area contributed by atoms with Crippen molar-refractivity contribution in [2.45, 2.75) is 25.4 Å². The summed E-state index contributed by atoms with van der Waals surface area (Å²) in [5.41, 5.74) is 0.355. The van der Waals surface area contributed by atoms with E-state index in [-0.39, 0.29) is 6.42 Å². The van der Waals surface area contributed by atoms with Crippen LogP contribution in [0.1, 0.15) is 19.3 Å². The highest BCUT2D eigenvalue weighted by Crippen LogP contribution is 2.20. The largest absolute Gasteiger partial charge is 0.478 e. The lowest BCUT2D eigenvalue weighted by Gasteiger charge is -2.11. The van der Waals surface area contributed by atoms with Crippen molar-refractivity contribution in [2.75, 3.05) is 0 Å². The van der Waals surface area contributed by atoms with Crippen LogP contribution in [0.3, 0.4) is 0 Å². The van der Waals surface area contributed by atoms with E-state index < -0.39 is 12.1 Å². The number of alkyl halides is 1. The predicted octanol–water partition coefficient (Wildman–Crippen LogP) is 1.52. The Bertz CT molecular complexity index is 174. The first-order chi connectivity index (χ1) is 4.70. The molecule has 0 amide bonds. The molecule has 1 rings (SSSR count). The van der Waals surface area contributed by atoms with Crippen molar-refractivity contribution >= 4 is 5.97 Å². The molecule has 0 saturated carbocycles. The number of carboxylic acid groups (broad SMARTS) is 1. The lowest BCUT2D eigenvalue weighted by molar-refractivity contribution is -0.132. The molecule has 0 radical (unpaired) electrons. The number of hydrogen-bond donors (Lipinski definition) is 1. The van der Waals surface area contributed by atoms with Crippen LogP contribution in [-0.2, 0) is 4.79 Å². The molecule has 0 aromatic carbocycles. The van der Waals surface area contributed by atoms with E-state index in [1.807, 2.05) is 0 Å². The van der Waals surface area contributed by atoms with Gasteiger partial charge in [0.25, 0.3) is 0 Å². The first-order valence-electron chi connectivity index (χ1n) is 3.26. The molecule has 1 N–H and O–H groups in total. The molecule has 0 aliphatic heterocycles. The molecule has 1 aliphatic carbocycles. The highest BCUT2D eigenvalue weighted by atomic mass is 19.1. The third kappa shape index (κ3) is 1.56. The van der Waals surface area contributed by atoms with E-state index in [1.165, 1.54) is 6.08 Å². The van der Waals surface area contributed by atoms with E-state index >= 15 is 0 Å². The smallest absolute Gasteiger partial charge is 0.331 e. The summed E-state index contributed by atoms with van der Waals surface area (Å²) < 4.78 is 12.4. The van der Waals surface area contributed by atoms with Gasteiger partial charge in [0, 0.05) is 5.57 Å². The van der Waals surface area contributed by atoms with Gasteiger partial charge in [0.2, 0.25) is 0 Å². The van der Waals surface area contributed by atoms with Gasteiger partial charge in [-0.3, -0.25) is 0 Å². The Hall–Kier alpha value is -0.860. The highest BCUT2D eigenvalue weighted by molar-refractivity contribution is 5.86. The summed E-state index contributed by atoms with van der Waals surface area (Å²) in [5.74, 6) is -0.910. The van der Waals surface area contributed by atoms with E-state index in [2.05, 4.69) is 0 Å². The standard InChI is InChI=1S/C7H9FO2/c8-6-3-1-5(2-4-6)7(9)10/h1,6H,2-4H2,(H,9,10). The molecule has 10 heavy (non-hydrogen) atoms. The molecule has 3 heteroatoms. The number of halogens is 1. The van der Waals surface area contributed by atoms with Gasteiger partial charge in [0.15, 0.2) is 0 Å². The number of allylic oxidation sites excluding steroid dienone is 1. The Morgan fingerprint density at radius 3 is 2.90 bits per heavy atom. The molecular formula is C7H9FO2. The van der Waals surface area contributed by atoms with Crippen LogP contribution in [0, 0.1) is 0 Å². The molecule has 56 valence electrons. The highest BCUT2D eigenvalue weighted by Gasteiger charge is 2.16. The van der Waals surface area contributed by atoms with Crippen molar-refractivity contribution in [1.82, 2.24) is 0 Å². The first-order valence-corrected chi connectivity index (χ1v) is 3.26. The molecule has 0 bridgehead atoms. The first kappa shape index (κ1) is 7.25. The third-order valence-electron chi connectivity index (χ3n) is 1.62. The van der Waals surface area contributed by atoms with E-state index in [0.717, 1.165) is 0 Å². The van der Waals surface area contributed by atoms with Gasteiger partial charge in [-0.25, -0.2) is 9.18 Å². The lowest BCUT2D eigenvalue weighted by Crippen LogP contribution is -2.10. The summed E-state index contributed by atoms with van der Waals surface area (Å²) in [6.07, 6.45) is 1.63. The summed E-state index contributed by atoms with van der Waals surface area (Å²) in [6, 6.07) is 0. The van der Waals surface area contributed by atoms with Gasteiger partial charge in [0.05, 0.1) is 0 Å². The quantitative estimate of drug-likeness (QED) is 0.605. The van der Waals surface area contributed by atoms with Gasteiger partial charge in [-0.2, -0.15) is 0 Å². The second kappa shape index (κ2) is 2.82. The molecule has 2 nitrogen and oxygen atoms in total. The zero-order chi connectivity index (χ0) is 7.56. The summed E-state index contributed by atoms with van der Waals surface area (Å²) in [4.78, 5) is 10.3. The fraction of sp³-hybridized carbons (Fsp3) is 0.571. The van der Waals surface area contributed by atoms with Crippen molar-refractivity contribution in [3.8, 4) is 0 Å². The van der Waals surface area contributed by atoms with Crippen LogP contribution >= 0.6 is 0 Å². The van der Waals surface area contributed by atoms with Crippen molar-refractivity contribution in [3.05, 3.63) is 11.6 Å². The molecule has 0 saturated heterocycles. The minimum atomic E-state index is -0.910. The van der Waals surface area contributed by atoms with Crippen LogP contribution in [-0.4, -0.2) is 17.2 Å². The minimum absolute atomic E-state index is 0.266. The fourth-order valence-corrected chi connectivity index (χ4v) is 0.996. The number of carbonyl (C=O) groups is 1. The van der Waals surface area contributed by atoms with Crippen LogP contribution in [0.15, 0.2) is 11.6 Å². The molecule has 0 spiro atoms. The molecule has 1 unspecified atom stereocenters. The minimum Gasteiger partial charge on any atom is -0.478 e. The maximum absolute atomic E-state index is 12.4. The van der Waals surface area contributed by atoms with Crippen molar-refractivity contribution in [3.63, 3.8) is 0 Å². The van der Waals surface area contributed by atoms with E-state index in [9.17, 15) is 9.18 Å². The number of rotatable bonds is 1. The van der Waals surface area contributed by atoms with E-state index in [0.29, 0.717) is 18.4 Å². The molecule has 0 aromatic rings. The van der Waals surface area contributed by atoms with Gasteiger partial charge in [-0.05, 0) is 19.3 Å².